The lowest BCUT2D eigenvalue weighted by atomic mass is 9.62. The third-order valence-electron chi connectivity index (χ3n) is 6.23. The van der Waals surface area contributed by atoms with Crippen LogP contribution in [-0.2, 0) is 9.22 Å². The van der Waals surface area contributed by atoms with Crippen LogP contribution in [0.3, 0.4) is 0 Å². The normalized spacial score (nSPS) is 28.3. The molecule has 1 aliphatic carbocycles. The van der Waals surface area contributed by atoms with Gasteiger partial charge >= 0.3 is 0 Å². The van der Waals surface area contributed by atoms with Gasteiger partial charge in [0.25, 0.3) is 0 Å². The van der Waals surface area contributed by atoms with E-state index >= 15 is 0 Å². The molecule has 0 radical (unpaired) electrons. The van der Waals surface area contributed by atoms with Gasteiger partial charge in [0.2, 0.25) is 14.2 Å². The molecule has 2 aliphatic rings. The lowest BCUT2D eigenvalue weighted by Crippen LogP contribution is -2.52. The third kappa shape index (κ3) is 3.28. The molecular formula is C20H33NO2Si. The summed E-state index contributed by atoms with van der Waals surface area (Å²) in [7, 11) is -1.87. The molecule has 0 aromatic rings. The lowest BCUT2D eigenvalue weighted by molar-refractivity contribution is -0.136. The second-order valence-corrected chi connectivity index (χ2v) is 13.5. The maximum Gasteiger partial charge on any atom is 0.250 e. The minimum atomic E-state index is -1.87. The average Bonchev–Trinajstić information content (AvgIpc) is 2.48. The molecule has 0 bridgehead atoms. The summed E-state index contributed by atoms with van der Waals surface area (Å²) in [6, 6.07) is 0. The third-order valence-corrected chi connectivity index (χ3v) is 10.6. The van der Waals surface area contributed by atoms with Gasteiger partial charge in [-0.15, -0.1) is 5.92 Å². The van der Waals surface area contributed by atoms with Gasteiger partial charge in [0.15, 0.2) is 0 Å². The molecule has 1 fully saturated rings. The van der Waals surface area contributed by atoms with Gasteiger partial charge < -0.3 is 9.74 Å². The van der Waals surface area contributed by atoms with Gasteiger partial charge in [-0.1, -0.05) is 26.7 Å². The van der Waals surface area contributed by atoms with Crippen molar-refractivity contribution in [3.63, 3.8) is 0 Å². The number of rotatable bonds is 2. The maximum atomic E-state index is 12.7. The molecule has 0 aromatic carbocycles. The molecule has 134 valence electrons. The molecule has 2 atom stereocenters. The van der Waals surface area contributed by atoms with E-state index in [2.05, 4.69) is 57.9 Å². The van der Waals surface area contributed by atoms with E-state index in [-0.39, 0.29) is 22.3 Å². The Balaban J connectivity index is 2.40. The van der Waals surface area contributed by atoms with Gasteiger partial charge in [-0.3, -0.25) is 4.79 Å². The highest BCUT2D eigenvalue weighted by molar-refractivity contribution is 6.74. The first-order valence-electron chi connectivity index (χ1n) is 9.14. The first-order chi connectivity index (χ1) is 11.0. The Bertz CT molecular complexity index is 603. The lowest BCUT2D eigenvalue weighted by Gasteiger charge is -2.46. The van der Waals surface area contributed by atoms with E-state index in [1.807, 2.05) is 6.92 Å². The Morgan fingerprint density at radius 1 is 1.29 bits per heavy atom. The molecule has 1 amide bonds. The molecule has 1 saturated heterocycles. The van der Waals surface area contributed by atoms with Gasteiger partial charge in [0.05, 0.1) is 17.1 Å². The van der Waals surface area contributed by atoms with Crippen LogP contribution >= 0.6 is 0 Å². The second kappa shape index (κ2) is 6.59. The number of piperidine rings is 1. The fraction of sp³-hybridized carbons (Fsp3) is 0.750. The molecule has 2 rings (SSSR count). The number of amides is 1. The van der Waals surface area contributed by atoms with Crippen LogP contribution in [0.15, 0.2) is 11.3 Å². The zero-order valence-corrected chi connectivity index (χ0v) is 17.4. The number of carbonyl (C=O) groups is 1. The molecule has 0 unspecified atom stereocenters. The van der Waals surface area contributed by atoms with Crippen molar-refractivity contribution in [2.24, 2.45) is 11.3 Å². The van der Waals surface area contributed by atoms with E-state index in [4.69, 9.17) is 4.43 Å². The summed E-state index contributed by atoms with van der Waals surface area (Å²) in [5.74, 6) is 7.68. The standard InChI is InChI=1S/C20H33NO2Si/c1-8-10-16-15(2)17(23-24(6,7)19(3,4)5)11-13-20(16)12-9-14-21-18(20)22/h16H,9,11-14H2,1-7H3,(H,21,22)/t16-,20+/m0/s1. The zero-order valence-electron chi connectivity index (χ0n) is 16.4. The minimum absolute atomic E-state index is 0.0173. The Labute approximate surface area is 148 Å². The Kier molecular flexibility index (Phi) is 5.25. The monoisotopic (exact) mass is 347 g/mol. The van der Waals surface area contributed by atoms with E-state index in [9.17, 15) is 4.79 Å². The summed E-state index contributed by atoms with van der Waals surface area (Å²) in [6.45, 7) is 16.1. The van der Waals surface area contributed by atoms with Crippen molar-refractivity contribution in [2.45, 2.75) is 78.4 Å². The van der Waals surface area contributed by atoms with Gasteiger partial charge in [-0.05, 0) is 56.8 Å². The summed E-state index contributed by atoms with van der Waals surface area (Å²) in [6.07, 6.45) is 3.68. The van der Waals surface area contributed by atoms with Crippen LogP contribution in [0.1, 0.15) is 60.3 Å². The van der Waals surface area contributed by atoms with Crippen molar-refractivity contribution in [2.75, 3.05) is 6.54 Å². The topological polar surface area (TPSA) is 38.3 Å². The van der Waals surface area contributed by atoms with Crippen molar-refractivity contribution in [1.82, 2.24) is 5.32 Å². The fourth-order valence-electron chi connectivity index (χ4n) is 3.65. The van der Waals surface area contributed by atoms with E-state index in [0.29, 0.717) is 0 Å². The predicted octanol–water partition coefficient (Wildman–Crippen LogP) is 4.61. The Morgan fingerprint density at radius 2 is 1.96 bits per heavy atom. The molecule has 0 aromatic heterocycles. The van der Waals surface area contributed by atoms with Crippen LogP contribution < -0.4 is 5.32 Å². The molecule has 24 heavy (non-hydrogen) atoms. The SMILES string of the molecule is CC#C[C@H]1C(C)=C(O[Si](C)(C)C(C)(C)C)CC[C@]12CCCNC2=O. The highest BCUT2D eigenvalue weighted by atomic mass is 28.4. The van der Waals surface area contributed by atoms with Crippen LogP contribution in [0.2, 0.25) is 18.1 Å². The van der Waals surface area contributed by atoms with Gasteiger partial charge in [0, 0.05) is 13.0 Å². The predicted molar refractivity (Wildman–Crippen MR) is 102 cm³/mol. The number of allylic oxidation sites excluding steroid dienone is 2. The van der Waals surface area contributed by atoms with Gasteiger partial charge in [-0.2, -0.15) is 0 Å². The Morgan fingerprint density at radius 3 is 2.50 bits per heavy atom. The minimum Gasteiger partial charge on any atom is -0.547 e. The van der Waals surface area contributed by atoms with Crippen molar-refractivity contribution >= 4 is 14.2 Å². The van der Waals surface area contributed by atoms with E-state index < -0.39 is 8.32 Å². The van der Waals surface area contributed by atoms with Crippen molar-refractivity contribution in [3.05, 3.63) is 11.3 Å². The first kappa shape index (κ1) is 19.1. The number of hydrogen-bond acceptors (Lipinski definition) is 2. The van der Waals surface area contributed by atoms with Crippen LogP contribution in [0.5, 0.6) is 0 Å². The van der Waals surface area contributed by atoms with E-state index in [0.717, 1.165) is 38.0 Å². The molecule has 1 N–H and O–H groups in total. The zero-order chi connectivity index (χ0) is 18.2. The fourth-order valence-corrected chi connectivity index (χ4v) is 4.83. The molecule has 1 heterocycles. The highest BCUT2D eigenvalue weighted by Gasteiger charge is 2.50. The molecular weight excluding hydrogens is 314 g/mol. The summed E-state index contributed by atoms with van der Waals surface area (Å²) < 4.78 is 6.62. The van der Waals surface area contributed by atoms with Crippen molar-refractivity contribution < 1.29 is 9.22 Å². The van der Waals surface area contributed by atoms with Crippen LogP contribution in [0, 0.1) is 23.2 Å². The summed E-state index contributed by atoms with van der Waals surface area (Å²) in [5, 5.41) is 3.25. The number of nitrogens with one attached hydrogen (secondary N) is 1. The molecule has 1 aliphatic heterocycles. The number of hydrogen-bond donors (Lipinski definition) is 1. The van der Waals surface area contributed by atoms with Crippen LogP contribution in [0.4, 0.5) is 0 Å². The maximum absolute atomic E-state index is 12.7. The molecule has 3 nitrogen and oxygen atoms in total. The molecule has 4 heteroatoms. The Hall–Kier alpha value is -1.21. The van der Waals surface area contributed by atoms with E-state index in [1.54, 1.807) is 0 Å². The second-order valence-electron chi connectivity index (χ2n) is 8.81. The van der Waals surface area contributed by atoms with E-state index in [1.165, 1.54) is 5.57 Å². The first-order valence-corrected chi connectivity index (χ1v) is 12.1. The van der Waals surface area contributed by atoms with Crippen LogP contribution in [-0.4, -0.2) is 20.8 Å². The molecule has 1 spiro atoms. The highest BCUT2D eigenvalue weighted by Crippen LogP contribution is 2.50. The van der Waals surface area contributed by atoms with Crippen molar-refractivity contribution in [3.8, 4) is 11.8 Å². The molecule has 0 saturated carbocycles. The smallest absolute Gasteiger partial charge is 0.250 e. The summed E-state index contributed by atoms with van der Waals surface area (Å²) in [5.41, 5.74) is 0.823. The number of carbonyl (C=O) groups excluding carboxylic acids is 1. The van der Waals surface area contributed by atoms with Crippen molar-refractivity contribution in [1.29, 1.82) is 0 Å². The van der Waals surface area contributed by atoms with Crippen LogP contribution in [0.25, 0.3) is 0 Å². The average molecular weight is 348 g/mol. The summed E-state index contributed by atoms with van der Waals surface area (Å²) in [4.78, 5) is 12.7. The quantitative estimate of drug-likeness (QED) is 0.585. The largest absolute Gasteiger partial charge is 0.547 e. The summed E-state index contributed by atoms with van der Waals surface area (Å²) >= 11 is 0. The van der Waals surface area contributed by atoms with Gasteiger partial charge in [-0.25, -0.2) is 0 Å². The van der Waals surface area contributed by atoms with Gasteiger partial charge in [0.1, 0.15) is 0 Å².